The van der Waals surface area contributed by atoms with E-state index in [0.29, 0.717) is 35.3 Å². The largest absolute Gasteiger partial charge is 0.356 e. The molecule has 4 N–H and O–H groups in total. The van der Waals surface area contributed by atoms with E-state index in [4.69, 9.17) is 0 Å². The van der Waals surface area contributed by atoms with Crippen molar-refractivity contribution in [2.24, 2.45) is 0 Å². The van der Waals surface area contributed by atoms with Crippen molar-refractivity contribution in [3.05, 3.63) is 62.9 Å². The molecular formula is C17H16BrN5O3. The minimum Gasteiger partial charge on any atom is -0.356 e. The molecule has 2 heterocycles. The number of aromatic amines is 2. The first-order chi connectivity index (χ1) is 12.5. The normalized spacial score (nSPS) is 10.7. The fourth-order valence-corrected chi connectivity index (χ4v) is 2.77. The predicted molar refractivity (Wildman–Crippen MR) is 99.4 cm³/mol. The van der Waals surface area contributed by atoms with Gasteiger partial charge in [-0.1, -0.05) is 12.1 Å². The third kappa shape index (κ3) is 4.37. The molecule has 0 unspecified atom stereocenters. The van der Waals surface area contributed by atoms with Crippen LogP contribution in [0.3, 0.4) is 0 Å². The number of carbonyl (C=O) groups is 2. The Bertz CT molecular complexity index is 1010. The maximum Gasteiger partial charge on any atom is 0.286 e. The van der Waals surface area contributed by atoms with Gasteiger partial charge in [-0.2, -0.15) is 0 Å². The molecular weight excluding hydrogens is 402 g/mol. The van der Waals surface area contributed by atoms with Crippen LogP contribution in [0.4, 0.5) is 0 Å². The van der Waals surface area contributed by atoms with Gasteiger partial charge in [0.25, 0.3) is 11.5 Å². The molecule has 26 heavy (non-hydrogen) atoms. The molecule has 0 radical (unpaired) electrons. The molecule has 0 atom stereocenters. The molecule has 0 spiro atoms. The van der Waals surface area contributed by atoms with Gasteiger partial charge in [0.2, 0.25) is 5.91 Å². The Kier molecular flexibility index (Phi) is 5.47. The second-order valence-electron chi connectivity index (χ2n) is 5.62. The minimum absolute atomic E-state index is 0.186. The van der Waals surface area contributed by atoms with Gasteiger partial charge in [-0.3, -0.25) is 25.2 Å². The van der Waals surface area contributed by atoms with Gasteiger partial charge < -0.3 is 9.97 Å². The van der Waals surface area contributed by atoms with Gasteiger partial charge in [0, 0.05) is 23.5 Å². The molecule has 0 bridgehead atoms. The lowest BCUT2D eigenvalue weighted by molar-refractivity contribution is -0.121. The Morgan fingerprint density at radius 2 is 2.00 bits per heavy atom. The van der Waals surface area contributed by atoms with Crippen LogP contribution in [0.2, 0.25) is 0 Å². The van der Waals surface area contributed by atoms with Gasteiger partial charge >= 0.3 is 0 Å². The quantitative estimate of drug-likeness (QED) is 0.473. The van der Waals surface area contributed by atoms with Crippen LogP contribution in [-0.2, 0) is 11.2 Å². The standard InChI is InChI=1S/C17H16BrN5O3/c18-10-8-13(19-9-10)17(26)23-22-15(24)7-3-6-14-20-12-5-2-1-4-11(12)16(25)21-14/h1-2,4-5,8-9,19H,3,6-7H2,(H,22,24)(H,23,26)(H,20,21,25). The zero-order valence-corrected chi connectivity index (χ0v) is 15.2. The summed E-state index contributed by atoms with van der Waals surface area (Å²) in [6, 6.07) is 8.68. The van der Waals surface area contributed by atoms with Crippen molar-refractivity contribution in [1.29, 1.82) is 0 Å². The molecule has 0 aliphatic carbocycles. The van der Waals surface area contributed by atoms with Crippen LogP contribution in [-0.4, -0.2) is 26.8 Å². The van der Waals surface area contributed by atoms with E-state index < -0.39 is 5.91 Å². The van der Waals surface area contributed by atoms with Gasteiger partial charge in [0.15, 0.2) is 0 Å². The lowest BCUT2D eigenvalue weighted by Gasteiger charge is -2.06. The van der Waals surface area contributed by atoms with E-state index in [9.17, 15) is 14.4 Å². The smallest absolute Gasteiger partial charge is 0.286 e. The molecule has 0 aliphatic rings. The Morgan fingerprint density at radius 1 is 1.19 bits per heavy atom. The number of nitrogens with zero attached hydrogens (tertiary/aromatic N) is 1. The molecule has 0 saturated carbocycles. The second kappa shape index (κ2) is 7.96. The van der Waals surface area contributed by atoms with Crippen LogP contribution < -0.4 is 16.4 Å². The number of amides is 2. The van der Waals surface area contributed by atoms with E-state index in [1.807, 2.05) is 6.07 Å². The number of nitrogens with one attached hydrogen (secondary N) is 4. The zero-order chi connectivity index (χ0) is 18.5. The molecule has 0 saturated heterocycles. The number of para-hydroxylation sites is 1. The highest BCUT2D eigenvalue weighted by molar-refractivity contribution is 9.10. The maximum absolute atomic E-state index is 12.0. The molecule has 134 valence electrons. The third-order valence-electron chi connectivity index (χ3n) is 3.69. The van der Waals surface area contributed by atoms with Crippen molar-refractivity contribution in [2.45, 2.75) is 19.3 Å². The summed E-state index contributed by atoms with van der Waals surface area (Å²) >= 11 is 3.23. The Hall–Kier alpha value is -2.94. The molecule has 0 aliphatic heterocycles. The third-order valence-corrected chi connectivity index (χ3v) is 4.15. The zero-order valence-electron chi connectivity index (χ0n) is 13.6. The summed E-state index contributed by atoms with van der Waals surface area (Å²) in [6.45, 7) is 0. The fraction of sp³-hybridized carbons (Fsp3) is 0.176. The number of halogens is 1. The second-order valence-corrected chi connectivity index (χ2v) is 6.53. The van der Waals surface area contributed by atoms with Crippen LogP contribution in [0, 0.1) is 0 Å². The average Bonchev–Trinajstić information content (AvgIpc) is 3.06. The number of H-pyrrole nitrogens is 2. The minimum atomic E-state index is -0.440. The number of benzene rings is 1. The van der Waals surface area contributed by atoms with Crippen molar-refractivity contribution < 1.29 is 9.59 Å². The molecule has 3 rings (SSSR count). The van der Waals surface area contributed by atoms with E-state index in [1.165, 1.54) is 0 Å². The highest BCUT2D eigenvalue weighted by Gasteiger charge is 2.10. The number of hydrazine groups is 1. The number of aryl methyl sites for hydroxylation is 1. The first kappa shape index (κ1) is 17.9. The van der Waals surface area contributed by atoms with Crippen LogP contribution >= 0.6 is 15.9 Å². The summed E-state index contributed by atoms with van der Waals surface area (Å²) in [5.41, 5.74) is 5.44. The van der Waals surface area contributed by atoms with Gasteiger partial charge in [-0.05, 0) is 40.5 Å². The fourth-order valence-electron chi connectivity index (χ4n) is 2.42. The molecule has 3 aromatic rings. The molecule has 8 nitrogen and oxygen atoms in total. The number of hydrogen-bond donors (Lipinski definition) is 4. The number of fused-ring (bicyclic) bond motifs is 1. The lowest BCUT2D eigenvalue weighted by Crippen LogP contribution is -2.41. The highest BCUT2D eigenvalue weighted by atomic mass is 79.9. The van der Waals surface area contributed by atoms with Gasteiger partial charge in [-0.25, -0.2) is 4.98 Å². The van der Waals surface area contributed by atoms with Crippen LogP contribution in [0.1, 0.15) is 29.2 Å². The van der Waals surface area contributed by atoms with E-state index in [2.05, 4.69) is 41.7 Å². The van der Waals surface area contributed by atoms with Crippen molar-refractivity contribution in [2.75, 3.05) is 0 Å². The SMILES string of the molecule is O=C(CCCc1nc2ccccc2c(=O)[nH]1)NNC(=O)c1cc(Br)c[nH]1. The topological polar surface area (TPSA) is 120 Å². The molecule has 2 aromatic heterocycles. The van der Waals surface area contributed by atoms with E-state index in [0.717, 1.165) is 4.47 Å². The van der Waals surface area contributed by atoms with Gasteiger partial charge in [0.05, 0.1) is 10.9 Å². The first-order valence-corrected chi connectivity index (χ1v) is 8.73. The van der Waals surface area contributed by atoms with Crippen LogP contribution in [0.5, 0.6) is 0 Å². The lowest BCUT2D eigenvalue weighted by atomic mass is 10.2. The highest BCUT2D eigenvalue weighted by Crippen LogP contribution is 2.10. The predicted octanol–water partition coefficient (Wildman–Crippen LogP) is 1.80. The first-order valence-electron chi connectivity index (χ1n) is 7.94. The van der Waals surface area contributed by atoms with Crippen molar-refractivity contribution in [3.8, 4) is 0 Å². The van der Waals surface area contributed by atoms with Crippen molar-refractivity contribution in [3.63, 3.8) is 0 Å². The summed E-state index contributed by atoms with van der Waals surface area (Å²) in [6.07, 6.45) is 2.74. The van der Waals surface area contributed by atoms with E-state index in [1.54, 1.807) is 30.5 Å². The van der Waals surface area contributed by atoms with E-state index in [-0.39, 0.29) is 17.9 Å². The number of aromatic nitrogens is 3. The van der Waals surface area contributed by atoms with Crippen molar-refractivity contribution >= 4 is 38.6 Å². The Labute approximate surface area is 156 Å². The Balaban J connectivity index is 1.48. The summed E-state index contributed by atoms with van der Waals surface area (Å²) < 4.78 is 0.742. The van der Waals surface area contributed by atoms with Gasteiger partial charge in [-0.15, -0.1) is 0 Å². The molecule has 2 amide bonds. The van der Waals surface area contributed by atoms with Gasteiger partial charge in [0.1, 0.15) is 11.5 Å². The summed E-state index contributed by atoms with van der Waals surface area (Å²) in [5, 5.41) is 0.535. The summed E-state index contributed by atoms with van der Waals surface area (Å²) in [5.74, 6) is -0.238. The average molecular weight is 418 g/mol. The number of carbonyl (C=O) groups excluding carboxylic acids is 2. The molecule has 0 fully saturated rings. The van der Waals surface area contributed by atoms with E-state index >= 15 is 0 Å². The molecule has 9 heteroatoms. The number of rotatable bonds is 5. The summed E-state index contributed by atoms with van der Waals surface area (Å²) in [4.78, 5) is 45.5. The number of hydrogen-bond acceptors (Lipinski definition) is 4. The summed E-state index contributed by atoms with van der Waals surface area (Å²) in [7, 11) is 0. The maximum atomic E-state index is 12.0. The van der Waals surface area contributed by atoms with Crippen LogP contribution in [0.15, 0.2) is 45.8 Å². The monoisotopic (exact) mass is 417 g/mol. The Morgan fingerprint density at radius 3 is 2.77 bits per heavy atom. The molecule has 1 aromatic carbocycles. The van der Waals surface area contributed by atoms with Crippen LogP contribution in [0.25, 0.3) is 10.9 Å². The van der Waals surface area contributed by atoms with Crippen molar-refractivity contribution in [1.82, 2.24) is 25.8 Å².